The molecule has 5 rings (SSSR count). The lowest BCUT2D eigenvalue weighted by molar-refractivity contribution is -0.150. The Balaban J connectivity index is 1.88. The minimum atomic E-state index is -4.88. The van der Waals surface area contributed by atoms with Gasteiger partial charge in [-0.2, -0.15) is 13.2 Å². The van der Waals surface area contributed by atoms with E-state index in [1.165, 1.54) is 35.2 Å². The Hall–Kier alpha value is -4.93. The zero-order valence-corrected chi connectivity index (χ0v) is 23.0. The number of carbonyl (C=O) groups excluding carboxylic acids is 3. The number of allylic oxidation sites excluding steroid dienone is 2. The highest BCUT2D eigenvalue weighted by atomic mass is 19.4. The maximum atomic E-state index is 14.5. The van der Waals surface area contributed by atoms with Crippen LogP contribution in [0.1, 0.15) is 34.9 Å². The SMILES string of the molecule is COC(=O)C1=C(N)N(c2cccc(F)c2)C2=C(C(=O)[C@@H](C(=O)OC)[C@H](c3ccccc3)C2)[C@@H]1c1ccccc1C(F)(F)F. The van der Waals surface area contributed by atoms with E-state index in [1.807, 2.05) is 0 Å². The molecule has 0 radical (unpaired) electrons. The molecule has 0 spiro atoms. The third kappa shape index (κ3) is 5.15. The van der Waals surface area contributed by atoms with Crippen LogP contribution in [0.25, 0.3) is 0 Å². The lowest BCUT2D eigenvalue weighted by atomic mass is 9.66. The first-order valence-electron chi connectivity index (χ1n) is 13.2. The van der Waals surface area contributed by atoms with E-state index in [0.717, 1.165) is 32.4 Å². The summed E-state index contributed by atoms with van der Waals surface area (Å²) >= 11 is 0. The third-order valence-electron chi connectivity index (χ3n) is 7.77. The van der Waals surface area contributed by atoms with E-state index in [0.29, 0.717) is 5.56 Å². The highest BCUT2D eigenvalue weighted by molar-refractivity contribution is 6.14. The summed E-state index contributed by atoms with van der Waals surface area (Å²) in [4.78, 5) is 42.4. The second-order valence-electron chi connectivity index (χ2n) is 10.1. The molecule has 0 aromatic heterocycles. The molecule has 0 saturated heterocycles. The summed E-state index contributed by atoms with van der Waals surface area (Å²) in [5.41, 5.74) is 5.16. The molecule has 0 amide bonds. The lowest BCUT2D eigenvalue weighted by Gasteiger charge is -2.44. The predicted octanol–water partition coefficient (Wildman–Crippen LogP) is 5.59. The summed E-state index contributed by atoms with van der Waals surface area (Å²) in [5, 5.41) is 0. The lowest BCUT2D eigenvalue weighted by Crippen LogP contribution is -2.46. The number of rotatable bonds is 5. The van der Waals surface area contributed by atoms with Crippen molar-refractivity contribution in [3.63, 3.8) is 0 Å². The Bertz CT molecular complexity index is 1670. The van der Waals surface area contributed by atoms with Crippen LogP contribution in [0.15, 0.2) is 102 Å². The van der Waals surface area contributed by atoms with Gasteiger partial charge in [0.05, 0.1) is 37.0 Å². The molecule has 0 saturated carbocycles. The van der Waals surface area contributed by atoms with Crippen LogP contribution in [0.3, 0.4) is 0 Å². The topological polar surface area (TPSA) is 98.9 Å². The fourth-order valence-corrected chi connectivity index (χ4v) is 5.98. The van der Waals surface area contributed by atoms with E-state index >= 15 is 0 Å². The van der Waals surface area contributed by atoms with E-state index in [1.54, 1.807) is 30.3 Å². The first kappa shape index (κ1) is 29.6. The molecule has 1 heterocycles. The Labute approximate surface area is 244 Å². The molecular weight excluding hydrogens is 568 g/mol. The number of Topliss-reactive ketones (excluding diaryl/α,β-unsaturated/α-hetero) is 1. The van der Waals surface area contributed by atoms with Crippen molar-refractivity contribution in [3.8, 4) is 0 Å². The van der Waals surface area contributed by atoms with Crippen LogP contribution in [0.2, 0.25) is 0 Å². The van der Waals surface area contributed by atoms with Crippen LogP contribution in [0, 0.1) is 11.7 Å². The van der Waals surface area contributed by atoms with Gasteiger partial charge in [-0.3, -0.25) is 14.5 Å². The fraction of sp³-hybridized carbons (Fsp3) is 0.219. The van der Waals surface area contributed by atoms with E-state index in [9.17, 15) is 31.9 Å². The molecule has 3 atom stereocenters. The second-order valence-corrected chi connectivity index (χ2v) is 10.1. The summed E-state index contributed by atoms with van der Waals surface area (Å²) < 4.78 is 67.6. The summed E-state index contributed by atoms with van der Waals surface area (Å²) in [6, 6.07) is 18.3. The van der Waals surface area contributed by atoms with Crippen LogP contribution in [0.5, 0.6) is 0 Å². The smallest absolute Gasteiger partial charge is 0.416 e. The molecule has 3 aromatic carbocycles. The molecule has 3 aromatic rings. The molecule has 1 aliphatic heterocycles. The van der Waals surface area contributed by atoms with Gasteiger partial charge in [0.1, 0.15) is 17.6 Å². The molecule has 43 heavy (non-hydrogen) atoms. The number of hydrogen-bond acceptors (Lipinski definition) is 7. The molecule has 11 heteroatoms. The van der Waals surface area contributed by atoms with Crippen molar-refractivity contribution >= 4 is 23.4 Å². The molecule has 222 valence electrons. The average Bonchev–Trinajstić information content (AvgIpc) is 2.99. The third-order valence-corrected chi connectivity index (χ3v) is 7.77. The van der Waals surface area contributed by atoms with Crippen LogP contribution >= 0.6 is 0 Å². The largest absolute Gasteiger partial charge is 0.468 e. The van der Waals surface area contributed by atoms with Gasteiger partial charge in [0.2, 0.25) is 0 Å². The Morgan fingerprint density at radius 2 is 1.60 bits per heavy atom. The monoisotopic (exact) mass is 594 g/mol. The van der Waals surface area contributed by atoms with E-state index in [4.69, 9.17) is 15.2 Å². The number of carbonyl (C=O) groups is 3. The predicted molar refractivity (Wildman–Crippen MR) is 148 cm³/mol. The van der Waals surface area contributed by atoms with Gasteiger partial charge < -0.3 is 15.2 Å². The normalized spacial score (nSPS) is 20.6. The number of benzene rings is 3. The van der Waals surface area contributed by atoms with Gasteiger partial charge in [0.15, 0.2) is 5.78 Å². The van der Waals surface area contributed by atoms with Crippen LogP contribution in [-0.2, 0) is 30.0 Å². The molecule has 7 nitrogen and oxygen atoms in total. The summed E-state index contributed by atoms with van der Waals surface area (Å²) in [6.07, 6.45) is -4.96. The second kappa shape index (κ2) is 11.4. The number of methoxy groups -OCH3 is 2. The van der Waals surface area contributed by atoms with Crippen LogP contribution in [-0.4, -0.2) is 31.9 Å². The zero-order valence-electron chi connectivity index (χ0n) is 23.0. The molecule has 0 bridgehead atoms. The number of esters is 2. The maximum Gasteiger partial charge on any atom is 0.416 e. The zero-order chi connectivity index (χ0) is 31.1. The van der Waals surface area contributed by atoms with Crippen molar-refractivity contribution < 1.29 is 41.4 Å². The number of nitrogens with zero attached hydrogens (tertiary/aromatic N) is 1. The molecule has 2 N–H and O–H groups in total. The minimum Gasteiger partial charge on any atom is -0.468 e. The van der Waals surface area contributed by atoms with Gasteiger partial charge >= 0.3 is 18.1 Å². The highest BCUT2D eigenvalue weighted by Gasteiger charge is 2.52. The van der Waals surface area contributed by atoms with Crippen LogP contribution < -0.4 is 10.6 Å². The fourth-order valence-electron chi connectivity index (χ4n) is 5.98. The first-order valence-corrected chi connectivity index (χ1v) is 13.2. The van der Waals surface area contributed by atoms with Gasteiger partial charge in [-0.1, -0.05) is 54.6 Å². The van der Waals surface area contributed by atoms with Gasteiger partial charge in [-0.15, -0.1) is 0 Å². The first-order chi connectivity index (χ1) is 20.5. The van der Waals surface area contributed by atoms with E-state index in [2.05, 4.69) is 0 Å². The van der Waals surface area contributed by atoms with Gasteiger partial charge in [0.25, 0.3) is 0 Å². The van der Waals surface area contributed by atoms with Gasteiger partial charge in [-0.25, -0.2) is 9.18 Å². The molecule has 1 aliphatic carbocycles. The molecule has 2 aliphatic rings. The number of nitrogens with two attached hydrogens (primary N) is 1. The van der Waals surface area contributed by atoms with Crippen molar-refractivity contribution in [3.05, 3.63) is 124 Å². The Kier molecular flexibility index (Phi) is 7.83. The number of halogens is 4. The molecule has 0 unspecified atom stereocenters. The molecule has 0 fully saturated rings. The van der Waals surface area contributed by atoms with Crippen molar-refractivity contribution in [1.82, 2.24) is 0 Å². The van der Waals surface area contributed by atoms with Crippen LogP contribution in [0.4, 0.5) is 23.2 Å². The summed E-state index contributed by atoms with van der Waals surface area (Å²) in [6.45, 7) is 0. The average molecular weight is 595 g/mol. The number of hydrogen-bond donors (Lipinski definition) is 1. The maximum absolute atomic E-state index is 14.5. The van der Waals surface area contributed by atoms with Crippen molar-refractivity contribution in [2.45, 2.75) is 24.4 Å². The number of ether oxygens (including phenoxy) is 2. The number of anilines is 1. The van der Waals surface area contributed by atoms with Gasteiger partial charge in [0, 0.05) is 17.2 Å². The quantitative estimate of drug-likeness (QED) is 0.234. The Morgan fingerprint density at radius 1 is 0.930 bits per heavy atom. The standard InChI is InChI=1S/C32H26F4N2O5/c1-42-30(40)25-21(17-9-4-3-5-10-17)16-23-26(28(25)39)24(20-13-6-7-14-22(20)32(34,35)36)27(31(41)43-2)29(37)38(23)19-12-8-11-18(33)15-19/h3-15,21,24-25H,16,37H2,1-2H3/t21-,24-,25-/m0/s1. The number of ketones is 1. The Morgan fingerprint density at radius 3 is 2.23 bits per heavy atom. The van der Waals surface area contributed by atoms with Crippen molar-refractivity contribution in [1.29, 1.82) is 0 Å². The number of alkyl halides is 3. The highest BCUT2D eigenvalue weighted by Crippen LogP contribution is 2.53. The van der Waals surface area contributed by atoms with E-state index in [-0.39, 0.29) is 29.2 Å². The van der Waals surface area contributed by atoms with Crippen molar-refractivity contribution in [2.75, 3.05) is 19.1 Å². The summed E-state index contributed by atoms with van der Waals surface area (Å²) in [5.74, 6) is -7.78. The van der Waals surface area contributed by atoms with Gasteiger partial charge in [-0.05, 0) is 41.8 Å². The summed E-state index contributed by atoms with van der Waals surface area (Å²) in [7, 11) is 2.13. The minimum absolute atomic E-state index is 0.0821. The molecular formula is C32H26F4N2O5. The van der Waals surface area contributed by atoms with Crippen molar-refractivity contribution in [2.24, 2.45) is 11.7 Å². The van der Waals surface area contributed by atoms with E-state index < -0.39 is 64.2 Å².